The van der Waals surface area contributed by atoms with Crippen molar-refractivity contribution >= 4 is 29.1 Å². The molecule has 0 saturated carbocycles. The molecule has 0 aromatic heterocycles. The van der Waals surface area contributed by atoms with Gasteiger partial charge in [-0.1, -0.05) is 37.3 Å². The number of hydrogen-bond acceptors (Lipinski definition) is 5. The molecule has 0 radical (unpaired) electrons. The van der Waals surface area contributed by atoms with Crippen LogP contribution in [0.15, 0.2) is 48.5 Å². The zero-order chi connectivity index (χ0) is 27.8. The Labute approximate surface area is 230 Å². The lowest BCUT2D eigenvalue weighted by molar-refractivity contribution is -0.144. The summed E-state index contributed by atoms with van der Waals surface area (Å²) in [7, 11) is 0. The number of likely N-dealkylation sites (tertiary alicyclic amines) is 1. The van der Waals surface area contributed by atoms with Crippen LogP contribution >= 0.6 is 0 Å². The van der Waals surface area contributed by atoms with E-state index in [9.17, 15) is 19.5 Å². The summed E-state index contributed by atoms with van der Waals surface area (Å²) < 4.78 is 6.82. The summed E-state index contributed by atoms with van der Waals surface area (Å²) in [6.07, 6.45) is 3.76. The van der Waals surface area contributed by atoms with Crippen molar-refractivity contribution in [2.24, 2.45) is 11.8 Å². The van der Waals surface area contributed by atoms with E-state index < -0.39 is 29.1 Å². The maximum atomic E-state index is 14.2. The molecule has 1 spiro atoms. The fourth-order valence-corrected chi connectivity index (χ4v) is 7.04. The first-order valence-corrected chi connectivity index (χ1v) is 14.1. The summed E-state index contributed by atoms with van der Waals surface area (Å²) in [4.78, 5) is 43.7. The quantitative estimate of drug-likeness (QED) is 0.397. The molecule has 3 saturated heterocycles. The first-order chi connectivity index (χ1) is 18.8. The number of fused-ring (bicyclic) bond motifs is 1. The first kappa shape index (κ1) is 27.3. The van der Waals surface area contributed by atoms with Gasteiger partial charge < -0.3 is 25.4 Å². The SMILES string of the molecule is CC[C@@]12CCC3(O1)C(C(=O)Nc1cc(C)ccc1C)N(CCCCCO)C(=O)[C@@H]3[C@@H]2C(=O)Nc1ccccc1. The molecule has 2 aromatic rings. The zero-order valence-electron chi connectivity index (χ0n) is 23.0. The average Bonchev–Trinajstić information content (AvgIpc) is 3.53. The predicted octanol–water partition coefficient (Wildman–Crippen LogP) is 4.20. The highest BCUT2D eigenvalue weighted by Gasteiger charge is 2.78. The van der Waals surface area contributed by atoms with Crippen LogP contribution in [0, 0.1) is 25.7 Å². The molecule has 3 aliphatic heterocycles. The molecule has 2 unspecified atom stereocenters. The smallest absolute Gasteiger partial charge is 0.250 e. The molecule has 3 heterocycles. The zero-order valence-corrected chi connectivity index (χ0v) is 23.0. The van der Waals surface area contributed by atoms with Crippen molar-refractivity contribution in [3.05, 3.63) is 59.7 Å². The number of hydrogen-bond donors (Lipinski definition) is 3. The van der Waals surface area contributed by atoms with Crippen molar-refractivity contribution in [1.82, 2.24) is 4.90 Å². The van der Waals surface area contributed by atoms with E-state index in [1.54, 1.807) is 4.90 Å². The lowest BCUT2D eigenvalue weighted by Crippen LogP contribution is -2.53. The third-order valence-corrected chi connectivity index (χ3v) is 8.96. The van der Waals surface area contributed by atoms with Gasteiger partial charge in [-0.05, 0) is 81.7 Å². The fourth-order valence-electron chi connectivity index (χ4n) is 7.04. The third kappa shape index (κ3) is 4.63. The number of aliphatic hydroxyl groups is 1. The Balaban J connectivity index is 1.51. The number of carbonyl (C=O) groups excluding carboxylic acids is 3. The standard InChI is InChI=1S/C31H39N3O5/c1-4-30-15-16-31(39-30)25(24(30)27(36)32-22-11-7-5-8-12-22)29(38)34(17-9-6-10-18-35)26(31)28(37)33-23-19-20(2)13-14-21(23)3/h5,7-8,11-14,19,24-26,35H,4,6,9-10,15-18H2,1-3H3,(H,32,36)(H,33,37)/t24-,25+,26?,30+,31?/m1/s1. The van der Waals surface area contributed by atoms with Gasteiger partial charge in [-0.15, -0.1) is 0 Å². The number of nitrogens with one attached hydrogen (secondary N) is 2. The summed E-state index contributed by atoms with van der Waals surface area (Å²) >= 11 is 0. The van der Waals surface area contributed by atoms with Crippen LogP contribution in [0.5, 0.6) is 0 Å². The van der Waals surface area contributed by atoms with Gasteiger partial charge in [0.2, 0.25) is 17.7 Å². The second-order valence-corrected chi connectivity index (χ2v) is 11.3. The van der Waals surface area contributed by atoms with Gasteiger partial charge in [0.15, 0.2) is 0 Å². The third-order valence-electron chi connectivity index (χ3n) is 8.96. The lowest BCUT2D eigenvalue weighted by atomic mass is 9.65. The number of unbranched alkanes of at least 4 members (excludes halogenated alkanes) is 2. The molecule has 3 amide bonds. The molecule has 208 valence electrons. The molecule has 39 heavy (non-hydrogen) atoms. The monoisotopic (exact) mass is 533 g/mol. The largest absolute Gasteiger partial charge is 0.396 e. The molecule has 2 bridgehead atoms. The molecular weight excluding hydrogens is 494 g/mol. The molecule has 2 aromatic carbocycles. The summed E-state index contributed by atoms with van der Waals surface area (Å²) in [5.74, 6) is -2.13. The van der Waals surface area contributed by atoms with Gasteiger partial charge in [-0.25, -0.2) is 0 Å². The number of nitrogens with zero attached hydrogens (tertiary/aromatic N) is 1. The molecule has 5 rings (SSSR count). The van der Waals surface area contributed by atoms with Crippen LogP contribution in [0.3, 0.4) is 0 Å². The van der Waals surface area contributed by atoms with Gasteiger partial charge in [-0.3, -0.25) is 14.4 Å². The van der Waals surface area contributed by atoms with E-state index in [0.717, 1.165) is 17.5 Å². The van der Waals surface area contributed by atoms with Crippen LogP contribution in [0.4, 0.5) is 11.4 Å². The molecule has 8 nitrogen and oxygen atoms in total. The molecule has 3 N–H and O–H groups in total. The number of para-hydroxylation sites is 1. The van der Waals surface area contributed by atoms with Crippen molar-refractivity contribution in [3.63, 3.8) is 0 Å². The number of ether oxygens (including phenoxy) is 1. The minimum Gasteiger partial charge on any atom is -0.396 e. The Morgan fingerprint density at radius 2 is 1.79 bits per heavy atom. The molecule has 5 atom stereocenters. The van der Waals surface area contributed by atoms with Crippen LogP contribution < -0.4 is 10.6 Å². The number of benzene rings is 2. The summed E-state index contributed by atoms with van der Waals surface area (Å²) in [6, 6.07) is 14.3. The second-order valence-electron chi connectivity index (χ2n) is 11.3. The van der Waals surface area contributed by atoms with E-state index in [1.165, 1.54) is 0 Å². The predicted molar refractivity (Wildman–Crippen MR) is 149 cm³/mol. The van der Waals surface area contributed by atoms with Crippen LogP contribution in [0.25, 0.3) is 0 Å². The van der Waals surface area contributed by atoms with Gasteiger partial charge in [0.25, 0.3) is 0 Å². The minimum atomic E-state index is -1.06. The normalized spacial score (nSPS) is 29.0. The van der Waals surface area contributed by atoms with E-state index in [-0.39, 0.29) is 24.3 Å². The maximum Gasteiger partial charge on any atom is 0.250 e. The number of anilines is 2. The van der Waals surface area contributed by atoms with E-state index in [2.05, 4.69) is 10.6 Å². The number of aryl methyl sites for hydroxylation is 2. The summed E-state index contributed by atoms with van der Waals surface area (Å²) in [5.41, 5.74) is 1.48. The van der Waals surface area contributed by atoms with Gasteiger partial charge in [-0.2, -0.15) is 0 Å². The Morgan fingerprint density at radius 3 is 2.51 bits per heavy atom. The minimum absolute atomic E-state index is 0.0842. The number of rotatable bonds is 10. The Morgan fingerprint density at radius 1 is 1.03 bits per heavy atom. The van der Waals surface area contributed by atoms with Gasteiger partial charge in [0.05, 0.1) is 17.4 Å². The van der Waals surface area contributed by atoms with E-state index in [4.69, 9.17) is 4.74 Å². The van der Waals surface area contributed by atoms with Gasteiger partial charge in [0, 0.05) is 24.5 Å². The van der Waals surface area contributed by atoms with Gasteiger partial charge >= 0.3 is 0 Å². The van der Waals surface area contributed by atoms with Crippen LogP contribution in [-0.4, -0.2) is 58.1 Å². The van der Waals surface area contributed by atoms with E-state index >= 15 is 0 Å². The Hall–Kier alpha value is -3.23. The number of carbonyl (C=O) groups is 3. The highest BCUT2D eigenvalue weighted by atomic mass is 16.5. The second kappa shape index (κ2) is 10.7. The number of aliphatic hydroxyl groups excluding tert-OH is 1. The van der Waals surface area contributed by atoms with Crippen molar-refractivity contribution in [3.8, 4) is 0 Å². The summed E-state index contributed by atoms with van der Waals surface area (Å²) in [6.45, 7) is 6.36. The van der Waals surface area contributed by atoms with Gasteiger partial charge in [0.1, 0.15) is 11.6 Å². The Bertz CT molecular complexity index is 1250. The first-order valence-electron chi connectivity index (χ1n) is 14.1. The lowest BCUT2D eigenvalue weighted by Gasteiger charge is -2.34. The molecule has 8 heteroatoms. The highest BCUT2D eigenvalue weighted by Crippen LogP contribution is 2.64. The van der Waals surface area contributed by atoms with Crippen LogP contribution in [0.2, 0.25) is 0 Å². The number of amides is 3. The van der Waals surface area contributed by atoms with Crippen molar-refractivity contribution in [2.45, 2.75) is 76.5 Å². The van der Waals surface area contributed by atoms with Crippen LogP contribution in [0.1, 0.15) is 56.6 Å². The fraction of sp³-hybridized carbons (Fsp3) is 0.516. The van der Waals surface area contributed by atoms with Crippen molar-refractivity contribution in [1.29, 1.82) is 0 Å². The Kier molecular flexibility index (Phi) is 7.53. The van der Waals surface area contributed by atoms with Crippen molar-refractivity contribution in [2.75, 3.05) is 23.8 Å². The van der Waals surface area contributed by atoms with Crippen LogP contribution in [-0.2, 0) is 19.1 Å². The van der Waals surface area contributed by atoms with E-state index in [1.807, 2.05) is 69.3 Å². The summed E-state index contributed by atoms with van der Waals surface area (Å²) in [5, 5.41) is 15.4. The topological polar surface area (TPSA) is 108 Å². The molecule has 3 fully saturated rings. The maximum absolute atomic E-state index is 14.2. The van der Waals surface area contributed by atoms with Crippen molar-refractivity contribution < 1.29 is 24.2 Å². The highest BCUT2D eigenvalue weighted by molar-refractivity contribution is 6.05. The van der Waals surface area contributed by atoms with E-state index in [0.29, 0.717) is 50.0 Å². The average molecular weight is 534 g/mol. The molecule has 3 aliphatic rings. The molecule has 0 aliphatic carbocycles. The molecular formula is C31H39N3O5.